The Labute approximate surface area is 186 Å². The van der Waals surface area contributed by atoms with Crippen molar-refractivity contribution in [3.63, 3.8) is 0 Å². The van der Waals surface area contributed by atoms with Crippen LogP contribution in [0.3, 0.4) is 0 Å². The molecule has 2 aliphatic rings. The van der Waals surface area contributed by atoms with Crippen LogP contribution >= 0.6 is 24.0 Å². The van der Waals surface area contributed by atoms with Crippen molar-refractivity contribution >= 4 is 29.9 Å². The number of hydrogen-bond donors (Lipinski definition) is 1. The molecule has 1 aromatic heterocycles. The number of benzene rings is 1. The highest BCUT2D eigenvalue weighted by molar-refractivity contribution is 14.0. The fourth-order valence-corrected chi connectivity index (χ4v) is 3.84. The van der Waals surface area contributed by atoms with E-state index in [9.17, 15) is 8.78 Å². The molecule has 0 bridgehead atoms. The minimum absolute atomic E-state index is 0. The molecule has 2 heterocycles. The van der Waals surface area contributed by atoms with Crippen LogP contribution in [0, 0.1) is 18.6 Å². The molecule has 1 saturated carbocycles. The lowest BCUT2D eigenvalue weighted by atomic mass is 10.1. The summed E-state index contributed by atoms with van der Waals surface area (Å²) in [6, 6.07) is 6.01. The number of guanidine groups is 1. The normalized spacial score (nSPS) is 22.3. The first-order valence-electron chi connectivity index (χ1n) is 9.62. The molecule has 2 aromatic rings. The van der Waals surface area contributed by atoms with Gasteiger partial charge in [0, 0.05) is 63.4 Å². The molecule has 1 aromatic carbocycles. The smallest absolute Gasteiger partial charge is 0.193 e. The van der Waals surface area contributed by atoms with Crippen LogP contribution in [0.5, 0.6) is 0 Å². The Bertz CT molecular complexity index is 846. The van der Waals surface area contributed by atoms with Gasteiger partial charge in [-0.15, -0.1) is 24.0 Å². The Morgan fingerprint density at radius 3 is 2.52 bits per heavy atom. The second kappa shape index (κ2) is 9.38. The second-order valence-electron chi connectivity index (χ2n) is 7.47. The van der Waals surface area contributed by atoms with Gasteiger partial charge in [0.15, 0.2) is 5.96 Å². The number of nitrogens with one attached hydrogen (secondary N) is 1. The molecule has 2 unspecified atom stereocenters. The highest BCUT2D eigenvalue weighted by Gasteiger charge is 2.43. The third kappa shape index (κ3) is 5.06. The quantitative estimate of drug-likeness (QED) is 0.384. The topological polar surface area (TPSA) is 56.9 Å². The van der Waals surface area contributed by atoms with Gasteiger partial charge in [0.2, 0.25) is 0 Å². The maximum absolute atomic E-state index is 14.0. The summed E-state index contributed by atoms with van der Waals surface area (Å²) in [7, 11) is 1.74. The van der Waals surface area contributed by atoms with Gasteiger partial charge >= 0.3 is 0 Å². The zero-order valence-electron chi connectivity index (χ0n) is 16.6. The molecular formula is C20H26F2IN5O. The largest absolute Gasteiger partial charge is 0.361 e. The van der Waals surface area contributed by atoms with Gasteiger partial charge in [0.1, 0.15) is 17.4 Å². The highest BCUT2D eigenvalue weighted by atomic mass is 127. The number of nitrogens with zero attached hydrogens (tertiary/aromatic N) is 4. The van der Waals surface area contributed by atoms with Crippen molar-refractivity contribution in [2.24, 2.45) is 4.99 Å². The standard InChI is InChI=1S/C20H25F2N5O.HI/c1-13-10-14(25-28-13)12-26-6-8-27(9-7-26)20(23-2)24-18-11-15(18)19-16(21)4-3-5-17(19)22;/h3-5,10,15,18H,6-9,11-12H2,1-2H3,(H,23,24);1H. The van der Waals surface area contributed by atoms with Crippen LogP contribution in [-0.4, -0.2) is 60.2 Å². The van der Waals surface area contributed by atoms with E-state index >= 15 is 0 Å². The Kier molecular flexibility index (Phi) is 7.10. The van der Waals surface area contributed by atoms with E-state index in [0.717, 1.165) is 50.1 Å². The monoisotopic (exact) mass is 517 g/mol. The average Bonchev–Trinajstić information content (AvgIpc) is 3.31. The van der Waals surface area contributed by atoms with Crippen LogP contribution in [0.15, 0.2) is 33.8 Å². The lowest BCUT2D eigenvalue weighted by Gasteiger charge is -2.36. The molecule has 0 spiro atoms. The summed E-state index contributed by atoms with van der Waals surface area (Å²) in [4.78, 5) is 8.90. The molecule has 2 atom stereocenters. The van der Waals surface area contributed by atoms with Gasteiger partial charge < -0.3 is 14.7 Å². The van der Waals surface area contributed by atoms with E-state index in [1.54, 1.807) is 7.05 Å². The first kappa shape index (κ1) is 21.9. The third-order valence-corrected chi connectivity index (χ3v) is 5.42. The van der Waals surface area contributed by atoms with Crippen molar-refractivity contribution in [1.82, 2.24) is 20.3 Å². The minimum Gasteiger partial charge on any atom is -0.361 e. The number of aromatic nitrogens is 1. The van der Waals surface area contributed by atoms with Crippen LogP contribution < -0.4 is 5.32 Å². The lowest BCUT2D eigenvalue weighted by Crippen LogP contribution is -2.52. The van der Waals surface area contributed by atoms with Gasteiger partial charge in [0.05, 0.1) is 5.69 Å². The van der Waals surface area contributed by atoms with Crippen molar-refractivity contribution in [1.29, 1.82) is 0 Å². The Morgan fingerprint density at radius 1 is 1.24 bits per heavy atom. The van der Waals surface area contributed by atoms with E-state index in [-0.39, 0.29) is 41.5 Å². The molecule has 158 valence electrons. The molecule has 6 nitrogen and oxygen atoms in total. The average molecular weight is 517 g/mol. The van der Waals surface area contributed by atoms with E-state index in [1.165, 1.54) is 18.2 Å². The summed E-state index contributed by atoms with van der Waals surface area (Å²) in [5, 5.41) is 7.43. The van der Waals surface area contributed by atoms with Crippen molar-refractivity contribution in [3.8, 4) is 0 Å². The number of halogens is 3. The van der Waals surface area contributed by atoms with Crippen LogP contribution in [0.4, 0.5) is 8.78 Å². The summed E-state index contributed by atoms with van der Waals surface area (Å²) < 4.78 is 33.1. The van der Waals surface area contributed by atoms with E-state index in [2.05, 4.69) is 25.3 Å². The maximum Gasteiger partial charge on any atom is 0.193 e. The molecule has 1 aliphatic heterocycles. The fourth-order valence-electron chi connectivity index (χ4n) is 3.84. The molecule has 1 saturated heterocycles. The molecule has 0 amide bonds. The summed E-state index contributed by atoms with van der Waals surface area (Å²) in [5.74, 6) is 0.529. The van der Waals surface area contributed by atoms with Crippen LogP contribution in [0.25, 0.3) is 0 Å². The third-order valence-electron chi connectivity index (χ3n) is 5.42. The van der Waals surface area contributed by atoms with Crippen LogP contribution in [-0.2, 0) is 6.54 Å². The molecule has 4 rings (SSSR count). The molecule has 0 radical (unpaired) electrons. The zero-order chi connectivity index (χ0) is 19.7. The fraction of sp³-hybridized carbons (Fsp3) is 0.500. The number of aryl methyl sites for hydroxylation is 1. The Hall–Kier alpha value is -1.75. The van der Waals surface area contributed by atoms with Crippen LogP contribution in [0.2, 0.25) is 0 Å². The Morgan fingerprint density at radius 2 is 1.93 bits per heavy atom. The summed E-state index contributed by atoms with van der Waals surface area (Å²) >= 11 is 0. The van der Waals surface area contributed by atoms with Gasteiger partial charge in [0.25, 0.3) is 0 Å². The summed E-state index contributed by atoms with van der Waals surface area (Å²) in [6.07, 6.45) is 0.711. The van der Waals surface area contributed by atoms with Gasteiger partial charge in [-0.2, -0.15) is 0 Å². The van der Waals surface area contributed by atoms with E-state index in [0.29, 0.717) is 6.42 Å². The minimum atomic E-state index is -0.471. The lowest BCUT2D eigenvalue weighted by molar-refractivity contribution is 0.169. The molecular weight excluding hydrogens is 491 g/mol. The van der Waals surface area contributed by atoms with E-state index in [4.69, 9.17) is 4.52 Å². The molecule has 9 heteroatoms. The molecule has 2 fully saturated rings. The number of rotatable bonds is 4. The van der Waals surface area contributed by atoms with E-state index in [1.807, 2.05) is 13.0 Å². The SMILES string of the molecule is CN=C(NC1CC1c1c(F)cccc1F)N1CCN(Cc2cc(C)on2)CC1.I. The number of hydrogen-bond acceptors (Lipinski definition) is 4. The number of aliphatic imine (C=N–C) groups is 1. The van der Waals surface area contributed by atoms with Crippen molar-refractivity contribution in [2.75, 3.05) is 33.2 Å². The van der Waals surface area contributed by atoms with Gasteiger partial charge in [-0.05, 0) is 25.5 Å². The maximum atomic E-state index is 14.0. The highest BCUT2D eigenvalue weighted by Crippen LogP contribution is 2.43. The van der Waals surface area contributed by atoms with Gasteiger partial charge in [-0.3, -0.25) is 9.89 Å². The first-order valence-corrected chi connectivity index (χ1v) is 9.62. The molecule has 29 heavy (non-hydrogen) atoms. The first-order chi connectivity index (χ1) is 13.5. The predicted molar refractivity (Wildman–Crippen MR) is 118 cm³/mol. The zero-order valence-corrected chi connectivity index (χ0v) is 18.9. The van der Waals surface area contributed by atoms with Gasteiger partial charge in [-0.25, -0.2) is 8.78 Å². The van der Waals surface area contributed by atoms with Gasteiger partial charge in [-0.1, -0.05) is 11.2 Å². The summed E-state index contributed by atoms with van der Waals surface area (Å²) in [5.41, 5.74) is 1.13. The van der Waals surface area contributed by atoms with Crippen molar-refractivity contribution in [2.45, 2.75) is 31.8 Å². The Balaban J connectivity index is 0.00000240. The van der Waals surface area contributed by atoms with Crippen molar-refractivity contribution < 1.29 is 13.3 Å². The number of piperazine rings is 1. The molecule has 1 N–H and O–H groups in total. The molecule has 1 aliphatic carbocycles. The van der Waals surface area contributed by atoms with Crippen molar-refractivity contribution in [3.05, 3.63) is 52.9 Å². The summed E-state index contributed by atoms with van der Waals surface area (Å²) in [6.45, 7) is 6.12. The second-order valence-corrected chi connectivity index (χ2v) is 7.47. The predicted octanol–water partition coefficient (Wildman–Crippen LogP) is 3.13. The van der Waals surface area contributed by atoms with Crippen LogP contribution in [0.1, 0.15) is 29.4 Å². The van der Waals surface area contributed by atoms with E-state index < -0.39 is 11.6 Å².